The lowest BCUT2D eigenvalue weighted by molar-refractivity contribution is -0.116. The van der Waals surface area contributed by atoms with Crippen molar-refractivity contribution in [1.82, 2.24) is 15.5 Å². The second-order valence-electron chi connectivity index (χ2n) is 4.03. The van der Waals surface area contributed by atoms with Crippen molar-refractivity contribution in [3.05, 3.63) is 11.3 Å². The summed E-state index contributed by atoms with van der Waals surface area (Å²) in [6.45, 7) is 8.75. The molecule has 16 heavy (non-hydrogen) atoms. The van der Waals surface area contributed by atoms with Gasteiger partial charge in [-0.3, -0.25) is 9.89 Å². The van der Waals surface area contributed by atoms with E-state index in [1.54, 1.807) is 0 Å². The standard InChI is InChI=1S/C11H20N4O/c1-5-12-7(2)6-10(16)13-11-8(3)9(4)14-15-11/h7,12H,5-6H2,1-4H3,(H2,13,14,15,16). The highest BCUT2D eigenvalue weighted by Crippen LogP contribution is 2.13. The monoisotopic (exact) mass is 224 g/mol. The summed E-state index contributed by atoms with van der Waals surface area (Å²) in [4.78, 5) is 11.7. The number of nitrogens with zero attached hydrogens (tertiary/aromatic N) is 1. The predicted octanol–water partition coefficient (Wildman–Crippen LogP) is 1.35. The smallest absolute Gasteiger partial charge is 0.227 e. The van der Waals surface area contributed by atoms with Crippen molar-refractivity contribution in [2.24, 2.45) is 0 Å². The van der Waals surface area contributed by atoms with Gasteiger partial charge in [0.2, 0.25) is 5.91 Å². The summed E-state index contributed by atoms with van der Waals surface area (Å²) in [6, 6.07) is 0.186. The number of aromatic amines is 1. The third-order valence-electron chi connectivity index (χ3n) is 2.56. The van der Waals surface area contributed by atoms with Crippen LogP contribution in [0.5, 0.6) is 0 Å². The fourth-order valence-electron chi connectivity index (χ4n) is 1.49. The molecule has 0 spiro atoms. The maximum absolute atomic E-state index is 11.7. The Morgan fingerprint density at radius 2 is 2.19 bits per heavy atom. The number of anilines is 1. The number of hydrogen-bond acceptors (Lipinski definition) is 3. The summed E-state index contributed by atoms with van der Waals surface area (Å²) in [5.74, 6) is 0.620. The molecule has 0 fully saturated rings. The molecule has 0 aromatic carbocycles. The van der Waals surface area contributed by atoms with Gasteiger partial charge in [-0.15, -0.1) is 0 Å². The number of carbonyl (C=O) groups excluding carboxylic acids is 1. The molecule has 1 atom stereocenters. The molecule has 0 bridgehead atoms. The number of rotatable bonds is 5. The van der Waals surface area contributed by atoms with Crippen LogP contribution in [0.4, 0.5) is 5.82 Å². The van der Waals surface area contributed by atoms with Crippen LogP contribution in [0, 0.1) is 13.8 Å². The summed E-state index contributed by atoms with van der Waals surface area (Å²) >= 11 is 0. The first-order chi connectivity index (χ1) is 7.54. The zero-order chi connectivity index (χ0) is 12.1. The number of hydrogen-bond donors (Lipinski definition) is 3. The van der Waals surface area contributed by atoms with Crippen molar-refractivity contribution in [3.8, 4) is 0 Å². The van der Waals surface area contributed by atoms with Crippen LogP contribution in [0.15, 0.2) is 0 Å². The number of aromatic nitrogens is 2. The highest BCUT2D eigenvalue weighted by atomic mass is 16.1. The van der Waals surface area contributed by atoms with Crippen LogP contribution in [0.2, 0.25) is 0 Å². The fourth-order valence-corrected chi connectivity index (χ4v) is 1.49. The molecule has 1 heterocycles. The van der Waals surface area contributed by atoms with E-state index in [9.17, 15) is 4.79 Å². The van der Waals surface area contributed by atoms with E-state index >= 15 is 0 Å². The van der Waals surface area contributed by atoms with Crippen LogP contribution in [0.1, 0.15) is 31.5 Å². The summed E-state index contributed by atoms with van der Waals surface area (Å²) in [5, 5.41) is 12.9. The van der Waals surface area contributed by atoms with Gasteiger partial charge in [0.25, 0.3) is 0 Å². The minimum atomic E-state index is -0.0111. The molecule has 0 aliphatic carbocycles. The molecule has 5 heteroatoms. The molecule has 0 saturated heterocycles. The van der Waals surface area contributed by atoms with Gasteiger partial charge in [0.05, 0.1) is 0 Å². The Morgan fingerprint density at radius 1 is 1.50 bits per heavy atom. The minimum Gasteiger partial charge on any atom is -0.314 e. The molecule has 0 radical (unpaired) electrons. The quantitative estimate of drug-likeness (QED) is 0.707. The average molecular weight is 224 g/mol. The first-order valence-corrected chi connectivity index (χ1v) is 5.59. The molecule has 1 unspecified atom stereocenters. The van der Waals surface area contributed by atoms with E-state index in [4.69, 9.17) is 0 Å². The molecule has 1 amide bonds. The fraction of sp³-hybridized carbons (Fsp3) is 0.636. The van der Waals surface area contributed by atoms with Crippen LogP contribution >= 0.6 is 0 Å². The Balaban J connectivity index is 2.49. The topological polar surface area (TPSA) is 69.8 Å². The van der Waals surface area contributed by atoms with Gasteiger partial charge < -0.3 is 10.6 Å². The molecule has 3 N–H and O–H groups in total. The van der Waals surface area contributed by atoms with Crippen molar-refractivity contribution < 1.29 is 4.79 Å². The normalized spacial score (nSPS) is 12.5. The SMILES string of the molecule is CCNC(C)CC(=O)Nc1n[nH]c(C)c1C. The first kappa shape index (κ1) is 12.7. The molecule has 0 aliphatic rings. The molecule has 0 saturated carbocycles. The number of aryl methyl sites for hydroxylation is 1. The van der Waals surface area contributed by atoms with Gasteiger partial charge >= 0.3 is 0 Å². The molecule has 90 valence electrons. The molecule has 1 aromatic rings. The van der Waals surface area contributed by atoms with Crippen molar-refractivity contribution in [2.75, 3.05) is 11.9 Å². The highest BCUT2D eigenvalue weighted by Gasteiger charge is 2.11. The Kier molecular flexibility index (Phi) is 4.49. The zero-order valence-corrected chi connectivity index (χ0v) is 10.3. The van der Waals surface area contributed by atoms with Crippen LogP contribution < -0.4 is 10.6 Å². The lowest BCUT2D eigenvalue weighted by Crippen LogP contribution is -2.30. The molecule has 1 rings (SSSR count). The van der Waals surface area contributed by atoms with Crippen LogP contribution in [0.25, 0.3) is 0 Å². The lowest BCUT2D eigenvalue weighted by atomic mass is 10.2. The van der Waals surface area contributed by atoms with E-state index in [2.05, 4.69) is 20.8 Å². The lowest BCUT2D eigenvalue weighted by Gasteiger charge is -2.11. The Bertz CT molecular complexity index is 359. The molecule has 5 nitrogen and oxygen atoms in total. The number of carbonyl (C=O) groups is 1. The first-order valence-electron chi connectivity index (χ1n) is 5.59. The summed E-state index contributed by atoms with van der Waals surface area (Å²) in [5.41, 5.74) is 1.97. The minimum absolute atomic E-state index is 0.0111. The van der Waals surface area contributed by atoms with Crippen molar-refractivity contribution in [2.45, 2.75) is 40.2 Å². The van der Waals surface area contributed by atoms with Gasteiger partial charge in [-0.2, -0.15) is 5.10 Å². The number of H-pyrrole nitrogens is 1. The second kappa shape index (κ2) is 5.65. The number of nitrogens with one attached hydrogen (secondary N) is 3. The summed E-state index contributed by atoms with van der Waals surface area (Å²) in [6.07, 6.45) is 0.458. The maximum Gasteiger partial charge on any atom is 0.227 e. The van der Waals surface area contributed by atoms with E-state index in [0.717, 1.165) is 17.8 Å². The van der Waals surface area contributed by atoms with Crippen molar-refractivity contribution in [3.63, 3.8) is 0 Å². The molecule has 1 aromatic heterocycles. The van der Waals surface area contributed by atoms with E-state index in [-0.39, 0.29) is 11.9 Å². The highest BCUT2D eigenvalue weighted by molar-refractivity contribution is 5.90. The van der Waals surface area contributed by atoms with Crippen LogP contribution in [-0.4, -0.2) is 28.7 Å². The predicted molar refractivity (Wildman–Crippen MR) is 64.4 cm³/mol. The van der Waals surface area contributed by atoms with Gasteiger partial charge in [0, 0.05) is 23.7 Å². The Labute approximate surface area is 96.0 Å². The second-order valence-corrected chi connectivity index (χ2v) is 4.03. The zero-order valence-electron chi connectivity index (χ0n) is 10.3. The number of amides is 1. The Hall–Kier alpha value is -1.36. The summed E-state index contributed by atoms with van der Waals surface area (Å²) in [7, 11) is 0. The van der Waals surface area contributed by atoms with Crippen molar-refractivity contribution in [1.29, 1.82) is 0 Å². The van der Waals surface area contributed by atoms with Gasteiger partial charge in [0.1, 0.15) is 0 Å². The van der Waals surface area contributed by atoms with Crippen LogP contribution in [0.3, 0.4) is 0 Å². The third-order valence-corrected chi connectivity index (χ3v) is 2.56. The van der Waals surface area contributed by atoms with Gasteiger partial charge in [-0.05, 0) is 27.3 Å². The maximum atomic E-state index is 11.7. The van der Waals surface area contributed by atoms with E-state index in [0.29, 0.717) is 12.2 Å². The van der Waals surface area contributed by atoms with Gasteiger partial charge in [-0.1, -0.05) is 6.92 Å². The third kappa shape index (κ3) is 3.34. The largest absolute Gasteiger partial charge is 0.314 e. The average Bonchev–Trinajstić information content (AvgIpc) is 2.50. The molecule has 0 aliphatic heterocycles. The van der Waals surface area contributed by atoms with Gasteiger partial charge in [0.15, 0.2) is 5.82 Å². The molecular formula is C11H20N4O. The Morgan fingerprint density at radius 3 is 2.69 bits per heavy atom. The van der Waals surface area contributed by atoms with E-state index in [1.807, 2.05) is 27.7 Å². The van der Waals surface area contributed by atoms with Gasteiger partial charge in [-0.25, -0.2) is 0 Å². The van der Waals surface area contributed by atoms with Crippen LogP contribution in [-0.2, 0) is 4.79 Å². The summed E-state index contributed by atoms with van der Waals surface area (Å²) < 4.78 is 0. The van der Waals surface area contributed by atoms with Crippen molar-refractivity contribution >= 4 is 11.7 Å². The van der Waals surface area contributed by atoms with E-state index < -0.39 is 0 Å². The molecular weight excluding hydrogens is 204 g/mol. The van der Waals surface area contributed by atoms with E-state index in [1.165, 1.54) is 0 Å².